The molecule has 0 unspecified atom stereocenters. The first kappa shape index (κ1) is 11.5. The molecule has 0 aromatic rings. The van der Waals surface area contributed by atoms with Crippen molar-refractivity contribution in [3.63, 3.8) is 0 Å². The fourth-order valence-electron chi connectivity index (χ4n) is 2.05. The normalized spacial score (nSPS) is 28.6. The molecule has 1 rings (SSSR count). The Morgan fingerprint density at radius 2 is 2.21 bits per heavy atom. The van der Waals surface area contributed by atoms with Crippen LogP contribution in [0.15, 0.2) is 0 Å². The van der Waals surface area contributed by atoms with Gasteiger partial charge in [-0.2, -0.15) is 0 Å². The predicted molar refractivity (Wildman–Crippen MR) is 52.9 cm³/mol. The molecule has 1 fully saturated rings. The van der Waals surface area contributed by atoms with Gasteiger partial charge in [0.1, 0.15) is 5.41 Å². The Morgan fingerprint density at radius 1 is 1.57 bits per heavy atom. The maximum absolute atomic E-state index is 11.7. The Bertz CT molecular complexity index is 214. The molecule has 0 aromatic carbocycles. The van der Waals surface area contributed by atoms with Crippen LogP contribution in [0.5, 0.6) is 0 Å². The first-order valence-electron chi connectivity index (χ1n) is 4.95. The minimum Gasteiger partial charge on any atom is -0.468 e. The lowest BCUT2D eigenvalue weighted by Gasteiger charge is -2.43. The molecule has 14 heavy (non-hydrogen) atoms. The van der Waals surface area contributed by atoms with Gasteiger partial charge in [-0.25, -0.2) is 0 Å². The van der Waals surface area contributed by atoms with E-state index in [1.165, 1.54) is 7.11 Å². The van der Waals surface area contributed by atoms with E-state index in [0.717, 1.165) is 13.0 Å². The van der Waals surface area contributed by atoms with Crippen molar-refractivity contribution >= 4 is 5.97 Å². The van der Waals surface area contributed by atoms with Crippen LogP contribution in [0.3, 0.4) is 0 Å². The second-order valence-corrected chi connectivity index (χ2v) is 4.41. The van der Waals surface area contributed by atoms with Crippen molar-refractivity contribution in [2.24, 2.45) is 5.41 Å². The average molecular weight is 201 g/mol. The second kappa shape index (κ2) is 3.87. The molecule has 0 amide bonds. The summed E-state index contributed by atoms with van der Waals surface area (Å²) in [6, 6.07) is 0. The van der Waals surface area contributed by atoms with Crippen LogP contribution in [0.2, 0.25) is 0 Å². The third-order valence-electron chi connectivity index (χ3n) is 3.13. The standard InChI is InChI=1S/C10H19NO3/c1-9(2,13)10(8(12)14-3)5-4-6-11-7-10/h11,13H,4-7H2,1-3H3/t10-/m0/s1. The first-order chi connectivity index (χ1) is 6.44. The third kappa shape index (κ3) is 1.77. The number of piperidine rings is 1. The molecule has 1 aliphatic rings. The number of hydrogen-bond donors (Lipinski definition) is 2. The van der Waals surface area contributed by atoms with Crippen molar-refractivity contribution in [1.29, 1.82) is 0 Å². The summed E-state index contributed by atoms with van der Waals surface area (Å²) in [7, 11) is 1.37. The number of nitrogens with one attached hydrogen (secondary N) is 1. The number of aliphatic hydroxyl groups is 1. The van der Waals surface area contributed by atoms with Gasteiger partial charge in [0.2, 0.25) is 0 Å². The smallest absolute Gasteiger partial charge is 0.316 e. The van der Waals surface area contributed by atoms with Crippen molar-refractivity contribution in [2.45, 2.75) is 32.3 Å². The largest absolute Gasteiger partial charge is 0.468 e. The first-order valence-corrected chi connectivity index (χ1v) is 4.95. The van der Waals surface area contributed by atoms with Crippen LogP contribution >= 0.6 is 0 Å². The maximum Gasteiger partial charge on any atom is 0.316 e. The lowest BCUT2D eigenvalue weighted by Crippen LogP contribution is -2.58. The topological polar surface area (TPSA) is 58.6 Å². The van der Waals surface area contributed by atoms with Crippen LogP contribution in [0, 0.1) is 5.41 Å². The number of ether oxygens (including phenoxy) is 1. The second-order valence-electron chi connectivity index (χ2n) is 4.41. The molecule has 2 N–H and O–H groups in total. The third-order valence-corrected chi connectivity index (χ3v) is 3.13. The number of carbonyl (C=O) groups is 1. The van der Waals surface area contributed by atoms with E-state index in [4.69, 9.17) is 4.74 Å². The van der Waals surface area contributed by atoms with E-state index in [0.29, 0.717) is 13.0 Å². The van der Waals surface area contributed by atoms with Crippen LogP contribution in [0.25, 0.3) is 0 Å². The van der Waals surface area contributed by atoms with Gasteiger partial charge in [-0.15, -0.1) is 0 Å². The summed E-state index contributed by atoms with van der Waals surface area (Å²) in [4.78, 5) is 11.7. The van der Waals surface area contributed by atoms with Crippen molar-refractivity contribution in [3.05, 3.63) is 0 Å². The summed E-state index contributed by atoms with van der Waals surface area (Å²) >= 11 is 0. The van der Waals surface area contributed by atoms with E-state index in [9.17, 15) is 9.90 Å². The molecular formula is C10H19NO3. The van der Waals surface area contributed by atoms with Gasteiger partial charge in [-0.05, 0) is 33.2 Å². The molecule has 0 saturated carbocycles. The fourth-order valence-corrected chi connectivity index (χ4v) is 2.05. The van der Waals surface area contributed by atoms with E-state index >= 15 is 0 Å². The van der Waals surface area contributed by atoms with Crippen molar-refractivity contribution in [3.8, 4) is 0 Å². The quantitative estimate of drug-likeness (QED) is 0.631. The van der Waals surface area contributed by atoms with Gasteiger partial charge in [0.05, 0.1) is 12.7 Å². The Balaban J connectivity index is 2.94. The molecule has 1 atom stereocenters. The summed E-state index contributed by atoms with van der Waals surface area (Å²) in [5.41, 5.74) is -1.84. The average Bonchev–Trinajstić information content (AvgIpc) is 2.16. The van der Waals surface area contributed by atoms with Crippen molar-refractivity contribution in [1.82, 2.24) is 5.32 Å². The van der Waals surface area contributed by atoms with Gasteiger partial charge >= 0.3 is 5.97 Å². The van der Waals surface area contributed by atoms with Crippen LogP contribution in [0.4, 0.5) is 0 Å². The van der Waals surface area contributed by atoms with E-state index in [-0.39, 0.29) is 5.97 Å². The Labute approximate surface area is 84.6 Å². The van der Waals surface area contributed by atoms with Gasteiger partial charge in [-0.1, -0.05) is 0 Å². The zero-order chi connectivity index (χ0) is 10.8. The van der Waals surface area contributed by atoms with E-state index in [1.54, 1.807) is 13.8 Å². The minimum atomic E-state index is -1.05. The molecule has 0 bridgehead atoms. The number of esters is 1. The molecule has 0 radical (unpaired) electrons. The molecule has 0 spiro atoms. The Kier molecular flexibility index (Phi) is 3.17. The predicted octanol–water partition coefficient (Wildman–Crippen LogP) is 0.300. The Morgan fingerprint density at radius 3 is 2.57 bits per heavy atom. The van der Waals surface area contributed by atoms with Crippen molar-refractivity contribution in [2.75, 3.05) is 20.2 Å². The Hall–Kier alpha value is -0.610. The van der Waals surface area contributed by atoms with Gasteiger partial charge < -0.3 is 15.2 Å². The van der Waals surface area contributed by atoms with Gasteiger partial charge in [0, 0.05) is 6.54 Å². The molecule has 82 valence electrons. The molecule has 0 aliphatic carbocycles. The number of rotatable bonds is 2. The highest BCUT2D eigenvalue weighted by atomic mass is 16.5. The summed E-state index contributed by atoms with van der Waals surface area (Å²) in [5, 5.41) is 13.2. The number of carbonyl (C=O) groups excluding carboxylic acids is 1. The molecule has 1 heterocycles. The SMILES string of the molecule is COC(=O)[C@]1(C(C)(C)O)CCCNC1. The lowest BCUT2D eigenvalue weighted by atomic mass is 9.69. The molecule has 1 saturated heterocycles. The zero-order valence-corrected chi connectivity index (χ0v) is 9.09. The van der Waals surface area contributed by atoms with Crippen LogP contribution in [-0.2, 0) is 9.53 Å². The van der Waals surface area contributed by atoms with Crippen LogP contribution in [0.1, 0.15) is 26.7 Å². The van der Waals surface area contributed by atoms with E-state index in [2.05, 4.69) is 5.32 Å². The van der Waals surface area contributed by atoms with E-state index in [1.807, 2.05) is 0 Å². The van der Waals surface area contributed by atoms with E-state index < -0.39 is 11.0 Å². The highest BCUT2D eigenvalue weighted by molar-refractivity contribution is 5.78. The lowest BCUT2D eigenvalue weighted by molar-refractivity contribution is -0.171. The van der Waals surface area contributed by atoms with Crippen LogP contribution in [-0.4, -0.2) is 36.9 Å². The maximum atomic E-state index is 11.7. The molecule has 4 heteroatoms. The summed E-state index contributed by atoms with van der Waals surface area (Å²) in [5.74, 6) is -0.322. The highest BCUT2D eigenvalue weighted by Gasteiger charge is 2.51. The van der Waals surface area contributed by atoms with Gasteiger partial charge in [-0.3, -0.25) is 4.79 Å². The fraction of sp³-hybridized carbons (Fsp3) is 0.900. The highest BCUT2D eigenvalue weighted by Crippen LogP contribution is 2.38. The molecular weight excluding hydrogens is 182 g/mol. The summed E-state index contributed by atoms with van der Waals surface area (Å²) < 4.78 is 4.78. The van der Waals surface area contributed by atoms with Crippen LogP contribution < -0.4 is 5.32 Å². The van der Waals surface area contributed by atoms with Crippen molar-refractivity contribution < 1.29 is 14.6 Å². The monoisotopic (exact) mass is 201 g/mol. The minimum absolute atomic E-state index is 0.322. The zero-order valence-electron chi connectivity index (χ0n) is 9.09. The van der Waals surface area contributed by atoms with Gasteiger partial charge in [0.15, 0.2) is 0 Å². The molecule has 4 nitrogen and oxygen atoms in total. The number of methoxy groups -OCH3 is 1. The van der Waals surface area contributed by atoms with Gasteiger partial charge in [0.25, 0.3) is 0 Å². The summed E-state index contributed by atoms with van der Waals surface area (Å²) in [6.45, 7) is 4.71. The molecule has 0 aromatic heterocycles. The summed E-state index contributed by atoms with van der Waals surface area (Å²) in [6.07, 6.45) is 1.56. The molecule has 1 aliphatic heterocycles. The number of hydrogen-bond acceptors (Lipinski definition) is 4.